The molecule has 2 aliphatic heterocycles. The molecule has 10 heteroatoms. The van der Waals surface area contributed by atoms with Gasteiger partial charge < -0.3 is 19.9 Å². The van der Waals surface area contributed by atoms with Crippen LogP contribution in [-0.2, 0) is 0 Å². The van der Waals surface area contributed by atoms with Gasteiger partial charge in [0.05, 0.1) is 12.4 Å². The third kappa shape index (κ3) is 2.67. The van der Waals surface area contributed by atoms with Gasteiger partial charge in [0.1, 0.15) is 0 Å². The lowest BCUT2D eigenvalue weighted by Gasteiger charge is -2.25. The number of carbonyl (C=O) groups excluding carboxylic acids is 1. The molecule has 2 saturated heterocycles. The number of piperidine rings is 1. The van der Waals surface area contributed by atoms with E-state index in [2.05, 4.69) is 15.3 Å². The zero-order valence-corrected chi connectivity index (χ0v) is 13.6. The second-order valence-electron chi connectivity index (χ2n) is 6.57. The molecule has 2 aromatic rings. The third-order valence-corrected chi connectivity index (χ3v) is 4.95. The molecule has 1 atom stereocenters. The minimum atomic E-state index is -0.778. The highest BCUT2D eigenvalue weighted by atomic mass is 16.3. The number of H-pyrrole nitrogens is 1. The van der Waals surface area contributed by atoms with Crippen molar-refractivity contribution in [1.82, 2.24) is 29.3 Å². The monoisotopic (exact) mass is 348 g/mol. The molecular formula is C15H20N6O4. The fourth-order valence-corrected chi connectivity index (χ4v) is 3.63. The highest BCUT2D eigenvalue weighted by Gasteiger charge is 2.30. The molecule has 1 amide bonds. The van der Waals surface area contributed by atoms with Crippen molar-refractivity contribution in [3.8, 4) is 0 Å². The van der Waals surface area contributed by atoms with Crippen molar-refractivity contribution in [2.75, 3.05) is 26.2 Å². The number of hydrogen-bond acceptors (Lipinski definition) is 6. The molecule has 134 valence electrons. The largest absolute Gasteiger partial charge is 0.391 e. The Kier molecular flexibility index (Phi) is 3.92. The Labute approximate surface area is 142 Å². The molecule has 10 nitrogen and oxygen atoms in total. The molecule has 4 rings (SSSR count). The SMILES string of the molecule is O=C(N1CC[C@H](O)C1)n1c(=O)[nH]c(=O)c2ncn(C3CCNCC3)c21. The predicted molar refractivity (Wildman–Crippen MR) is 88.7 cm³/mol. The summed E-state index contributed by atoms with van der Waals surface area (Å²) in [5.74, 6) is 0. The van der Waals surface area contributed by atoms with Gasteiger partial charge >= 0.3 is 11.7 Å². The normalized spacial score (nSPS) is 22.0. The number of nitrogens with zero attached hydrogens (tertiary/aromatic N) is 4. The minimum absolute atomic E-state index is 0.0654. The second kappa shape index (κ2) is 6.12. The average molecular weight is 348 g/mol. The van der Waals surface area contributed by atoms with E-state index < -0.39 is 23.4 Å². The topological polar surface area (TPSA) is 125 Å². The third-order valence-electron chi connectivity index (χ3n) is 4.95. The van der Waals surface area contributed by atoms with Crippen molar-refractivity contribution < 1.29 is 9.90 Å². The van der Waals surface area contributed by atoms with Crippen LogP contribution < -0.4 is 16.6 Å². The highest BCUT2D eigenvalue weighted by Crippen LogP contribution is 2.23. The second-order valence-corrected chi connectivity index (χ2v) is 6.57. The summed E-state index contributed by atoms with van der Waals surface area (Å²) in [6.07, 6.45) is 3.05. The van der Waals surface area contributed by atoms with Crippen molar-refractivity contribution in [2.24, 2.45) is 0 Å². The average Bonchev–Trinajstić information content (AvgIpc) is 3.22. The molecule has 4 heterocycles. The molecule has 0 aromatic carbocycles. The Hall–Kier alpha value is -2.46. The number of hydrogen-bond donors (Lipinski definition) is 3. The summed E-state index contributed by atoms with van der Waals surface area (Å²) in [5, 5.41) is 12.9. The molecule has 2 fully saturated rings. The van der Waals surface area contributed by atoms with Crippen molar-refractivity contribution in [2.45, 2.75) is 31.4 Å². The molecule has 2 aromatic heterocycles. The van der Waals surface area contributed by atoms with Crippen molar-refractivity contribution in [1.29, 1.82) is 0 Å². The fourth-order valence-electron chi connectivity index (χ4n) is 3.63. The number of likely N-dealkylation sites (tertiary alicyclic amines) is 1. The Bertz CT molecular complexity index is 922. The first-order chi connectivity index (χ1) is 12.1. The number of rotatable bonds is 1. The maximum absolute atomic E-state index is 12.9. The number of aliphatic hydroxyl groups excluding tert-OH is 1. The molecule has 0 bridgehead atoms. The van der Waals surface area contributed by atoms with Crippen molar-refractivity contribution in [3.63, 3.8) is 0 Å². The first kappa shape index (κ1) is 16.0. The summed E-state index contributed by atoms with van der Waals surface area (Å²) >= 11 is 0. The van der Waals surface area contributed by atoms with Gasteiger partial charge in [-0.2, -0.15) is 4.57 Å². The van der Waals surface area contributed by atoms with Crippen LogP contribution in [0.25, 0.3) is 11.2 Å². The van der Waals surface area contributed by atoms with Crippen LogP contribution in [-0.4, -0.2) is 67.4 Å². The van der Waals surface area contributed by atoms with Gasteiger partial charge in [-0.05, 0) is 32.4 Å². The lowest BCUT2D eigenvalue weighted by atomic mass is 10.1. The van der Waals surface area contributed by atoms with Gasteiger partial charge in [-0.15, -0.1) is 0 Å². The van der Waals surface area contributed by atoms with E-state index in [9.17, 15) is 19.5 Å². The Morgan fingerprint density at radius 1 is 1.24 bits per heavy atom. The van der Waals surface area contributed by atoms with E-state index in [0.717, 1.165) is 30.5 Å². The summed E-state index contributed by atoms with van der Waals surface area (Å²) in [7, 11) is 0. The summed E-state index contributed by atoms with van der Waals surface area (Å²) in [6, 6.07) is -0.478. The number of aliphatic hydroxyl groups is 1. The van der Waals surface area contributed by atoms with Crippen LogP contribution >= 0.6 is 0 Å². The van der Waals surface area contributed by atoms with E-state index in [0.29, 0.717) is 13.0 Å². The van der Waals surface area contributed by atoms with E-state index in [1.807, 2.05) is 0 Å². The molecule has 0 aliphatic carbocycles. The molecule has 0 spiro atoms. The van der Waals surface area contributed by atoms with Crippen LogP contribution in [0.3, 0.4) is 0 Å². The van der Waals surface area contributed by atoms with Gasteiger partial charge in [0.15, 0.2) is 11.2 Å². The van der Waals surface area contributed by atoms with Crippen LogP contribution in [0.5, 0.6) is 0 Å². The minimum Gasteiger partial charge on any atom is -0.391 e. The number of fused-ring (bicyclic) bond motifs is 1. The molecular weight excluding hydrogens is 328 g/mol. The van der Waals surface area contributed by atoms with Gasteiger partial charge in [-0.3, -0.25) is 9.78 Å². The van der Waals surface area contributed by atoms with E-state index in [1.54, 1.807) is 4.57 Å². The first-order valence-electron chi connectivity index (χ1n) is 8.46. The number of aromatic nitrogens is 4. The Balaban J connectivity index is 1.87. The Morgan fingerprint density at radius 2 is 2.00 bits per heavy atom. The summed E-state index contributed by atoms with van der Waals surface area (Å²) < 4.78 is 2.74. The zero-order chi connectivity index (χ0) is 17.6. The van der Waals surface area contributed by atoms with Crippen molar-refractivity contribution >= 4 is 17.2 Å². The maximum Gasteiger partial charge on any atom is 0.338 e. The van der Waals surface area contributed by atoms with Crippen LogP contribution in [0.4, 0.5) is 4.79 Å². The number of carbonyl (C=O) groups is 1. The van der Waals surface area contributed by atoms with E-state index in [-0.39, 0.29) is 23.8 Å². The van der Waals surface area contributed by atoms with E-state index in [4.69, 9.17) is 0 Å². The lowest BCUT2D eigenvalue weighted by molar-refractivity contribution is 0.172. The van der Waals surface area contributed by atoms with Crippen LogP contribution in [0.1, 0.15) is 25.3 Å². The summed E-state index contributed by atoms with van der Waals surface area (Å²) in [5.41, 5.74) is -1.07. The molecule has 0 saturated carbocycles. The number of β-amino-alcohol motifs (C(OH)–C–C–N with tert-alkyl or cyclic N) is 1. The van der Waals surface area contributed by atoms with Gasteiger partial charge in [-0.1, -0.05) is 0 Å². The highest BCUT2D eigenvalue weighted by molar-refractivity contribution is 5.86. The quantitative estimate of drug-likeness (QED) is 0.597. The summed E-state index contributed by atoms with van der Waals surface area (Å²) in [6.45, 7) is 2.19. The molecule has 25 heavy (non-hydrogen) atoms. The molecule has 0 radical (unpaired) electrons. The van der Waals surface area contributed by atoms with Gasteiger partial charge in [-0.25, -0.2) is 14.6 Å². The van der Waals surface area contributed by atoms with Gasteiger partial charge in [0.2, 0.25) is 0 Å². The van der Waals surface area contributed by atoms with E-state index in [1.165, 1.54) is 11.2 Å². The fraction of sp³-hybridized carbons (Fsp3) is 0.600. The van der Waals surface area contributed by atoms with Crippen LogP contribution in [0.15, 0.2) is 15.9 Å². The van der Waals surface area contributed by atoms with Crippen LogP contribution in [0, 0.1) is 0 Å². The predicted octanol–water partition coefficient (Wildman–Crippen LogP) is -1.15. The molecule has 0 unspecified atom stereocenters. The number of imidazole rings is 1. The van der Waals surface area contributed by atoms with E-state index >= 15 is 0 Å². The number of aromatic amines is 1. The van der Waals surface area contributed by atoms with Gasteiger partial charge in [0, 0.05) is 19.1 Å². The smallest absolute Gasteiger partial charge is 0.338 e. The van der Waals surface area contributed by atoms with Crippen LogP contribution in [0.2, 0.25) is 0 Å². The molecule has 3 N–H and O–H groups in total. The number of amides is 1. The molecule has 2 aliphatic rings. The van der Waals surface area contributed by atoms with Gasteiger partial charge in [0.25, 0.3) is 5.56 Å². The Morgan fingerprint density at radius 3 is 2.68 bits per heavy atom. The zero-order valence-electron chi connectivity index (χ0n) is 13.6. The maximum atomic E-state index is 12.9. The summed E-state index contributed by atoms with van der Waals surface area (Å²) in [4.78, 5) is 45.1. The first-order valence-corrected chi connectivity index (χ1v) is 8.46. The van der Waals surface area contributed by atoms with Crippen molar-refractivity contribution in [3.05, 3.63) is 27.2 Å². The lowest BCUT2D eigenvalue weighted by Crippen LogP contribution is -2.43. The standard InChI is InChI=1S/C15H20N6O4/c22-10-3-6-19(7-10)15(25)21-13-11(12(23)18-14(21)24)17-8-20(13)9-1-4-16-5-2-9/h8-10,16,22H,1-7H2,(H,18,23,24)/t10-/m0/s1. The number of nitrogens with one attached hydrogen (secondary N) is 2.